The van der Waals surface area contributed by atoms with Crippen molar-refractivity contribution in [3.05, 3.63) is 36.7 Å². The summed E-state index contributed by atoms with van der Waals surface area (Å²) >= 11 is 0. The summed E-state index contributed by atoms with van der Waals surface area (Å²) in [5.74, 6) is 0.540. The maximum Gasteiger partial charge on any atom is 0.321 e. The van der Waals surface area contributed by atoms with Gasteiger partial charge in [-0.25, -0.2) is 9.78 Å². The molecule has 1 N–H and O–H groups in total. The Hall–Kier alpha value is -2.83. The molecule has 1 aliphatic rings. The molecule has 2 aromatic rings. The molecule has 1 saturated heterocycles. The number of urea groups is 1. The number of likely N-dealkylation sites (tertiary alicyclic amines) is 1. The highest BCUT2D eigenvalue weighted by molar-refractivity contribution is 5.90. The number of hydrogen-bond donors (Lipinski definition) is 1. The summed E-state index contributed by atoms with van der Waals surface area (Å²) in [4.78, 5) is 30.1. The van der Waals surface area contributed by atoms with E-state index < -0.39 is 0 Å². The van der Waals surface area contributed by atoms with E-state index in [2.05, 4.69) is 10.3 Å². The number of nitrogens with one attached hydrogen (secondary N) is 1. The van der Waals surface area contributed by atoms with Crippen molar-refractivity contribution in [1.82, 2.24) is 14.5 Å². The molecular weight excluding hydrogens is 320 g/mol. The second kappa shape index (κ2) is 7.38. The zero-order valence-corrected chi connectivity index (χ0v) is 14.4. The van der Waals surface area contributed by atoms with Gasteiger partial charge in [-0.05, 0) is 25.0 Å². The zero-order valence-electron chi connectivity index (χ0n) is 14.4. The van der Waals surface area contributed by atoms with Crippen LogP contribution in [0.1, 0.15) is 12.8 Å². The van der Waals surface area contributed by atoms with Crippen LogP contribution in [-0.2, 0) is 16.6 Å². The van der Waals surface area contributed by atoms with Crippen molar-refractivity contribution in [2.75, 3.05) is 25.5 Å². The van der Waals surface area contributed by atoms with E-state index in [9.17, 15) is 9.59 Å². The molecule has 0 radical (unpaired) electrons. The number of esters is 1. The molecule has 1 fully saturated rings. The number of hydrogen-bond acceptors (Lipinski definition) is 4. The van der Waals surface area contributed by atoms with Crippen LogP contribution in [0.4, 0.5) is 10.5 Å². The zero-order chi connectivity index (χ0) is 17.8. The van der Waals surface area contributed by atoms with Gasteiger partial charge >= 0.3 is 12.0 Å². The standard InChI is InChI=1S/C18H22N4O3/c1-21-11-8-19-16(21)14-4-3-5-15(12-14)20-18(24)22-9-6-13(7-10-22)17(23)25-2/h3-5,8,11-13H,6-7,9-10H2,1-2H3,(H,20,24). The first-order valence-corrected chi connectivity index (χ1v) is 8.30. The third-order valence-corrected chi connectivity index (χ3v) is 4.51. The van der Waals surface area contributed by atoms with E-state index in [1.165, 1.54) is 7.11 Å². The van der Waals surface area contributed by atoms with Crippen molar-refractivity contribution < 1.29 is 14.3 Å². The molecule has 0 saturated carbocycles. The number of ether oxygens (including phenoxy) is 1. The molecule has 132 valence electrons. The lowest BCUT2D eigenvalue weighted by Gasteiger charge is -2.30. The van der Waals surface area contributed by atoms with Crippen LogP contribution >= 0.6 is 0 Å². The largest absolute Gasteiger partial charge is 0.469 e. The Labute approximate surface area is 146 Å². The molecule has 1 aliphatic heterocycles. The minimum absolute atomic E-state index is 0.110. The average molecular weight is 342 g/mol. The molecule has 0 bridgehead atoms. The molecule has 25 heavy (non-hydrogen) atoms. The van der Waals surface area contributed by atoms with Crippen LogP contribution in [0, 0.1) is 5.92 Å². The van der Waals surface area contributed by atoms with E-state index in [1.807, 2.05) is 42.1 Å². The number of amides is 2. The van der Waals surface area contributed by atoms with Crippen molar-refractivity contribution >= 4 is 17.7 Å². The Morgan fingerprint density at radius 1 is 1.28 bits per heavy atom. The van der Waals surface area contributed by atoms with Gasteiger partial charge in [0.1, 0.15) is 5.82 Å². The predicted octanol–water partition coefficient (Wildman–Crippen LogP) is 2.50. The van der Waals surface area contributed by atoms with Gasteiger partial charge in [0.2, 0.25) is 0 Å². The van der Waals surface area contributed by atoms with Crippen LogP contribution < -0.4 is 5.32 Å². The molecular formula is C18H22N4O3. The summed E-state index contributed by atoms with van der Waals surface area (Å²) in [6, 6.07) is 7.45. The molecule has 2 heterocycles. The number of methoxy groups -OCH3 is 1. The molecule has 0 spiro atoms. The highest BCUT2D eigenvalue weighted by Gasteiger charge is 2.27. The number of aryl methyl sites for hydroxylation is 1. The molecule has 7 heteroatoms. The van der Waals surface area contributed by atoms with E-state index in [1.54, 1.807) is 11.1 Å². The minimum atomic E-state index is -0.192. The molecule has 1 aromatic heterocycles. The lowest BCUT2D eigenvalue weighted by atomic mass is 9.97. The van der Waals surface area contributed by atoms with Crippen LogP contribution in [0.25, 0.3) is 11.4 Å². The number of benzene rings is 1. The van der Waals surface area contributed by atoms with E-state index in [0.717, 1.165) is 17.1 Å². The highest BCUT2D eigenvalue weighted by atomic mass is 16.5. The first-order valence-electron chi connectivity index (χ1n) is 8.30. The number of rotatable bonds is 3. The van der Waals surface area contributed by atoms with Gasteiger partial charge in [-0.15, -0.1) is 0 Å². The molecule has 1 aromatic carbocycles. The predicted molar refractivity (Wildman–Crippen MR) is 94.0 cm³/mol. The maximum atomic E-state index is 12.5. The Morgan fingerprint density at radius 3 is 2.68 bits per heavy atom. The summed E-state index contributed by atoms with van der Waals surface area (Å²) in [6.07, 6.45) is 4.89. The number of imidazole rings is 1. The van der Waals surface area contributed by atoms with Crippen LogP contribution in [0.3, 0.4) is 0 Å². The van der Waals surface area contributed by atoms with Gasteiger partial charge in [0, 0.05) is 43.8 Å². The number of anilines is 1. The Bertz CT molecular complexity index is 763. The van der Waals surface area contributed by atoms with Crippen LogP contribution in [-0.4, -0.2) is 46.7 Å². The smallest absolute Gasteiger partial charge is 0.321 e. The fourth-order valence-electron chi connectivity index (χ4n) is 3.07. The quantitative estimate of drug-likeness (QED) is 0.870. The van der Waals surface area contributed by atoms with E-state index >= 15 is 0 Å². The molecule has 3 rings (SSSR count). The van der Waals surface area contributed by atoms with Gasteiger partial charge in [0.05, 0.1) is 13.0 Å². The first kappa shape index (κ1) is 17.0. The maximum absolute atomic E-state index is 12.5. The van der Waals surface area contributed by atoms with Gasteiger partial charge < -0.3 is 19.5 Å². The molecule has 7 nitrogen and oxygen atoms in total. The Balaban J connectivity index is 1.62. The van der Waals surface area contributed by atoms with Crippen molar-refractivity contribution in [1.29, 1.82) is 0 Å². The Morgan fingerprint density at radius 2 is 2.04 bits per heavy atom. The number of piperidine rings is 1. The summed E-state index contributed by atoms with van der Waals surface area (Å²) < 4.78 is 6.70. The highest BCUT2D eigenvalue weighted by Crippen LogP contribution is 2.22. The van der Waals surface area contributed by atoms with E-state index in [-0.39, 0.29) is 17.9 Å². The van der Waals surface area contributed by atoms with Crippen molar-refractivity contribution in [3.63, 3.8) is 0 Å². The third kappa shape index (κ3) is 3.81. The first-order chi connectivity index (χ1) is 12.1. The normalized spacial score (nSPS) is 15.0. The van der Waals surface area contributed by atoms with Gasteiger partial charge in [0.25, 0.3) is 0 Å². The average Bonchev–Trinajstić information content (AvgIpc) is 3.07. The van der Waals surface area contributed by atoms with Crippen LogP contribution in [0.5, 0.6) is 0 Å². The molecule has 2 amide bonds. The van der Waals surface area contributed by atoms with Crippen LogP contribution in [0.2, 0.25) is 0 Å². The van der Waals surface area contributed by atoms with Gasteiger partial charge in [-0.3, -0.25) is 4.79 Å². The molecule has 0 aliphatic carbocycles. The van der Waals surface area contributed by atoms with Gasteiger partial charge in [0.15, 0.2) is 0 Å². The van der Waals surface area contributed by atoms with Gasteiger partial charge in [-0.2, -0.15) is 0 Å². The number of aromatic nitrogens is 2. The summed E-state index contributed by atoms with van der Waals surface area (Å²) in [7, 11) is 3.33. The monoisotopic (exact) mass is 342 g/mol. The van der Waals surface area contributed by atoms with Crippen molar-refractivity contribution in [2.24, 2.45) is 13.0 Å². The minimum Gasteiger partial charge on any atom is -0.469 e. The molecule has 0 atom stereocenters. The fraction of sp³-hybridized carbons (Fsp3) is 0.389. The lowest BCUT2D eigenvalue weighted by molar-refractivity contribution is -0.146. The number of nitrogens with zero attached hydrogens (tertiary/aromatic N) is 3. The topological polar surface area (TPSA) is 76.5 Å². The van der Waals surface area contributed by atoms with E-state index in [0.29, 0.717) is 25.9 Å². The second-order valence-electron chi connectivity index (χ2n) is 6.16. The lowest BCUT2D eigenvalue weighted by Crippen LogP contribution is -2.42. The summed E-state index contributed by atoms with van der Waals surface area (Å²) in [5.41, 5.74) is 1.66. The van der Waals surface area contributed by atoms with Crippen molar-refractivity contribution in [3.8, 4) is 11.4 Å². The SMILES string of the molecule is COC(=O)C1CCN(C(=O)Nc2cccc(-c3nccn3C)c2)CC1. The Kier molecular flexibility index (Phi) is 5.02. The van der Waals surface area contributed by atoms with Crippen molar-refractivity contribution in [2.45, 2.75) is 12.8 Å². The molecule has 0 unspecified atom stereocenters. The summed E-state index contributed by atoms with van der Waals surface area (Å²) in [6.45, 7) is 1.09. The van der Waals surface area contributed by atoms with Gasteiger partial charge in [-0.1, -0.05) is 12.1 Å². The number of carbonyl (C=O) groups is 2. The van der Waals surface area contributed by atoms with E-state index in [4.69, 9.17) is 4.74 Å². The number of carbonyl (C=O) groups excluding carboxylic acids is 2. The third-order valence-electron chi connectivity index (χ3n) is 4.51. The van der Waals surface area contributed by atoms with Crippen LogP contribution in [0.15, 0.2) is 36.7 Å². The second-order valence-corrected chi connectivity index (χ2v) is 6.16. The summed E-state index contributed by atoms with van der Waals surface area (Å²) in [5, 5.41) is 2.93. The fourth-order valence-corrected chi connectivity index (χ4v) is 3.07.